The molecule has 0 bridgehead atoms. The summed E-state index contributed by atoms with van der Waals surface area (Å²) in [5.41, 5.74) is 3.28. The van der Waals surface area contributed by atoms with Gasteiger partial charge in [-0.25, -0.2) is 0 Å². The van der Waals surface area contributed by atoms with Crippen molar-refractivity contribution in [2.24, 2.45) is 0 Å². The highest BCUT2D eigenvalue weighted by molar-refractivity contribution is 8.00. The van der Waals surface area contributed by atoms with Crippen LogP contribution in [0.25, 0.3) is 0 Å². The first-order chi connectivity index (χ1) is 13.6. The highest BCUT2D eigenvalue weighted by atomic mass is 32.2. The third-order valence-corrected chi connectivity index (χ3v) is 5.66. The summed E-state index contributed by atoms with van der Waals surface area (Å²) in [6.07, 6.45) is 1.44. The maximum Gasteiger partial charge on any atom is 0.277 e. The normalized spacial score (nSPS) is 14.0. The Kier molecular flexibility index (Phi) is 5.34. The molecule has 1 unspecified atom stereocenters. The van der Waals surface area contributed by atoms with Crippen molar-refractivity contribution >= 4 is 23.4 Å². The second-order valence-corrected chi connectivity index (χ2v) is 7.91. The van der Waals surface area contributed by atoms with E-state index in [0.717, 1.165) is 30.0 Å². The topological polar surface area (TPSA) is 68.5 Å². The minimum atomic E-state index is -0.305. The molecule has 1 aliphatic rings. The van der Waals surface area contributed by atoms with E-state index in [1.54, 1.807) is 7.11 Å². The number of ether oxygens (including phenoxy) is 1. The van der Waals surface area contributed by atoms with Crippen LogP contribution in [0.15, 0.2) is 58.2 Å². The summed E-state index contributed by atoms with van der Waals surface area (Å²) in [6, 6.07) is 15.8. The number of hydrogen-bond acceptors (Lipinski definition) is 6. The van der Waals surface area contributed by atoms with Crippen molar-refractivity contribution in [2.75, 3.05) is 18.6 Å². The van der Waals surface area contributed by atoms with Gasteiger partial charge in [0, 0.05) is 12.2 Å². The van der Waals surface area contributed by atoms with Gasteiger partial charge in [0.2, 0.25) is 11.8 Å². The fourth-order valence-electron chi connectivity index (χ4n) is 3.26. The molecule has 1 amide bonds. The molecule has 3 aromatic rings. The predicted octanol–water partition coefficient (Wildman–Crippen LogP) is 3.74. The third kappa shape index (κ3) is 3.89. The molecule has 0 radical (unpaired) electrons. The van der Waals surface area contributed by atoms with E-state index in [4.69, 9.17) is 9.15 Å². The second kappa shape index (κ2) is 8.06. The fraction of sp³-hybridized carbons (Fsp3) is 0.286. The quantitative estimate of drug-likeness (QED) is 0.592. The van der Waals surface area contributed by atoms with Crippen molar-refractivity contribution in [1.82, 2.24) is 10.2 Å². The Bertz CT molecular complexity index is 971. The lowest BCUT2D eigenvalue weighted by Crippen LogP contribution is -2.35. The van der Waals surface area contributed by atoms with Gasteiger partial charge >= 0.3 is 0 Å². The maximum absolute atomic E-state index is 12.9. The summed E-state index contributed by atoms with van der Waals surface area (Å²) in [6.45, 7) is 2.59. The number of aromatic nitrogens is 2. The largest absolute Gasteiger partial charge is 0.497 e. The summed E-state index contributed by atoms with van der Waals surface area (Å²) < 4.78 is 10.9. The van der Waals surface area contributed by atoms with Gasteiger partial charge in [0.15, 0.2) is 0 Å². The van der Waals surface area contributed by atoms with Gasteiger partial charge in [-0.15, -0.1) is 10.2 Å². The van der Waals surface area contributed by atoms with Crippen molar-refractivity contribution in [3.63, 3.8) is 0 Å². The lowest BCUT2D eigenvalue weighted by Gasteiger charge is -2.20. The van der Waals surface area contributed by atoms with E-state index in [2.05, 4.69) is 16.3 Å². The van der Waals surface area contributed by atoms with Crippen molar-refractivity contribution < 1.29 is 13.9 Å². The molecule has 4 rings (SSSR count). The molecule has 1 atom stereocenters. The molecule has 0 fully saturated rings. The van der Waals surface area contributed by atoms with Crippen LogP contribution in [0, 0.1) is 0 Å². The molecule has 1 aliphatic heterocycles. The lowest BCUT2D eigenvalue weighted by molar-refractivity contribution is -0.117. The number of carbonyl (C=O) groups is 1. The van der Waals surface area contributed by atoms with Gasteiger partial charge in [-0.05, 0) is 42.7 Å². The van der Waals surface area contributed by atoms with Crippen LogP contribution in [0.1, 0.15) is 23.9 Å². The van der Waals surface area contributed by atoms with Crippen molar-refractivity contribution in [2.45, 2.75) is 30.2 Å². The van der Waals surface area contributed by atoms with Crippen LogP contribution in [-0.2, 0) is 17.6 Å². The van der Waals surface area contributed by atoms with E-state index in [1.807, 2.05) is 54.3 Å². The first-order valence-electron chi connectivity index (χ1n) is 9.15. The molecule has 0 saturated carbocycles. The molecule has 1 aromatic heterocycles. The van der Waals surface area contributed by atoms with Gasteiger partial charge < -0.3 is 14.1 Å². The van der Waals surface area contributed by atoms with Crippen LogP contribution in [0.3, 0.4) is 0 Å². The standard InChI is InChI=1S/C21H21N3O3S/c1-14(20(25)24-12-11-16-5-3-4-6-18(16)24)28-21-23-22-19(27-21)13-15-7-9-17(26-2)10-8-15/h3-10,14H,11-13H2,1-2H3. The molecule has 28 heavy (non-hydrogen) atoms. The van der Waals surface area contributed by atoms with Crippen molar-refractivity contribution in [1.29, 1.82) is 0 Å². The molecule has 0 aliphatic carbocycles. The number of anilines is 1. The second-order valence-electron chi connectivity index (χ2n) is 6.62. The number of rotatable bonds is 6. The van der Waals surface area contributed by atoms with E-state index >= 15 is 0 Å². The van der Waals surface area contributed by atoms with Crippen LogP contribution in [0.5, 0.6) is 5.75 Å². The molecule has 2 aromatic carbocycles. The number of benzene rings is 2. The van der Waals surface area contributed by atoms with Gasteiger partial charge in [0.05, 0.1) is 18.8 Å². The fourth-order valence-corrected chi connectivity index (χ4v) is 4.03. The molecular weight excluding hydrogens is 374 g/mol. The highest BCUT2D eigenvalue weighted by Crippen LogP contribution is 2.31. The zero-order valence-electron chi connectivity index (χ0n) is 15.8. The summed E-state index contributed by atoms with van der Waals surface area (Å²) in [5, 5.41) is 8.31. The Hall–Kier alpha value is -2.80. The Morgan fingerprint density at radius 3 is 2.79 bits per heavy atom. The number of fused-ring (bicyclic) bond motifs is 1. The lowest BCUT2D eigenvalue weighted by atomic mass is 10.1. The Morgan fingerprint density at radius 2 is 2.00 bits per heavy atom. The first kappa shape index (κ1) is 18.6. The average Bonchev–Trinajstić information content (AvgIpc) is 3.35. The summed E-state index contributed by atoms with van der Waals surface area (Å²) in [5.74, 6) is 1.39. The van der Waals surface area contributed by atoms with E-state index in [1.165, 1.54) is 17.3 Å². The Balaban J connectivity index is 1.38. The summed E-state index contributed by atoms with van der Waals surface area (Å²) in [4.78, 5) is 14.7. The first-order valence-corrected chi connectivity index (χ1v) is 10.0. The number of para-hydroxylation sites is 1. The van der Waals surface area contributed by atoms with E-state index in [0.29, 0.717) is 17.5 Å². The van der Waals surface area contributed by atoms with E-state index in [-0.39, 0.29) is 11.2 Å². The zero-order chi connectivity index (χ0) is 19.5. The number of carbonyl (C=O) groups excluding carboxylic acids is 1. The smallest absolute Gasteiger partial charge is 0.277 e. The van der Waals surface area contributed by atoms with Crippen LogP contribution in [0.4, 0.5) is 5.69 Å². The molecule has 7 heteroatoms. The summed E-state index contributed by atoms with van der Waals surface area (Å²) >= 11 is 1.30. The van der Waals surface area contributed by atoms with Gasteiger partial charge in [-0.1, -0.05) is 42.1 Å². The van der Waals surface area contributed by atoms with Crippen LogP contribution >= 0.6 is 11.8 Å². The van der Waals surface area contributed by atoms with Crippen molar-refractivity contribution in [3.05, 3.63) is 65.5 Å². The van der Waals surface area contributed by atoms with Crippen molar-refractivity contribution in [3.8, 4) is 5.75 Å². The van der Waals surface area contributed by atoms with Gasteiger partial charge in [-0.3, -0.25) is 4.79 Å². The molecular formula is C21H21N3O3S. The minimum absolute atomic E-state index is 0.0601. The van der Waals surface area contributed by atoms with Gasteiger partial charge in [0.25, 0.3) is 5.22 Å². The SMILES string of the molecule is COc1ccc(Cc2nnc(SC(C)C(=O)N3CCc4ccccc43)o2)cc1. The molecule has 2 heterocycles. The number of amides is 1. The summed E-state index contributed by atoms with van der Waals surface area (Å²) in [7, 11) is 1.64. The van der Waals surface area contributed by atoms with Crippen LogP contribution < -0.4 is 9.64 Å². The van der Waals surface area contributed by atoms with E-state index < -0.39 is 0 Å². The number of hydrogen-bond donors (Lipinski definition) is 0. The van der Waals surface area contributed by atoms with Crippen LogP contribution in [-0.4, -0.2) is 35.0 Å². The number of nitrogens with zero attached hydrogens (tertiary/aromatic N) is 3. The molecule has 144 valence electrons. The minimum Gasteiger partial charge on any atom is -0.497 e. The molecule has 0 saturated heterocycles. The van der Waals surface area contributed by atoms with Gasteiger partial charge in [0.1, 0.15) is 5.75 Å². The highest BCUT2D eigenvalue weighted by Gasteiger charge is 2.29. The number of methoxy groups -OCH3 is 1. The predicted molar refractivity (Wildman–Crippen MR) is 108 cm³/mol. The van der Waals surface area contributed by atoms with Gasteiger partial charge in [-0.2, -0.15) is 0 Å². The Morgan fingerprint density at radius 1 is 1.21 bits per heavy atom. The zero-order valence-corrected chi connectivity index (χ0v) is 16.6. The monoisotopic (exact) mass is 395 g/mol. The average molecular weight is 395 g/mol. The molecule has 6 nitrogen and oxygen atoms in total. The molecule has 0 N–H and O–H groups in total. The van der Waals surface area contributed by atoms with Crippen LogP contribution in [0.2, 0.25) is 0 Å². The van der Waals surface area contributed by atoms with E-state index in [9.17, 15) is 4.79 Å². The molecule has 0 spiro atoms. The maximum atomic E-state index is 12.9. The third-order valence-electron chi connectivity index (χ3n) is 4.74. The Labute approximate surface area is 167 Å². The number of thioether (sulfide) groups is 1.